The Morgan fingerprint density at radius 2 is 1.70 bits per heavy atom. The van der Waals surface area contributed by atoms with Gasteiger partial charge in [-0.3, -0.25) is 4.79 Å². The number of carbonyl (C=O) groups excluding carboxylic acids is 1. The van der Waals surface area contributed by atoms with E-state index in [0.29, 0.717) is 23.4 Å². The molecule has 154 valence electrons. The fourth-order valence-electron chi connectivity index (χ4n) is 6.77. The predicted octanol–water partition coefficient (Wildman–Crippen LogP) is 6.18. The molecule has 0 unspecified atom stereocenters. The van der Waals surface area contributed by atoms with Gasteiger partial charge in [0, 0.05) is 17.7 Å². The first-order valence-corrected chi connectivity index (χ1v) is 11.0. The van der Waals surface area contributed by atoms with Crippen molar-refractivity contribution in [2.24, 2.45) is 23.2 Å². The van der Waals surface area contributed by atoms with Gasteiger partial charge in [-0.1, -0.05) is 0 Å². The third-order valence-corrected chi connectivity index (χ3v) is 7.46. The van der Waals surface area contributed by atoms with Crippen LogP contribution in [0.15, 0.2) is 46.9 Å². The lowest BCUT2D eigenvalue weighted by atomic mass is 9.49. The van der Waals surface area contributed by atoms with E-state index in [4.69, 9.17) is 4.42 Å². The number of benzene rings is 2. The molecule has 4 nitrogen and oxygen atoms in total. The fourth-order valence-corrected chi connectivity index (χ4v) is 6.77. The molecule has 0 atom stereocenters. The molecule has 4 saturated carbocycles. The van der Waals surface area contributed by atoms with Gasteiger partial charge in [-0.15, -0.1) is 0 Å². The quantitative estimate of drug-likeness (QED) is 0.565. The predicted molar refractivity (Wildman–Crippen MR) is 113 cm³/mol. The molecule has 4 bridgehead atoms. The smallest absolute Gasteiger partial charge is 0.227 e. The lowest BCUT2D eigenvalue weighted by Gasteiger charge is -2.56. The molecule has 5 heteroatoms. The Balaban J connectivity index is 1.19. The molecule has 30 heavy (non-hydrogen) atoms. The highest BCUT2D eigenvalue weighted by molar-refractivity contribution is 5.93. The van der Waals surface area contributed by atoms with E-state index in [2.05, 4.69) is 10.3 Å². The maximum absolute atomic E-state index is 13.2. The SMILES string of the molecule is O=C(CC12CC3CC(CC(C3)C1)C2)Nc1ccc2oc(-c3ccc(F)cc3)nc2c1. The van der Waals surface area contributed by atoms with Crippen LogP contribution in [0.1, 0.15) is 44.9 Å². The number of halogens is 1. The summed E-state index contributed by atoms with van der Waals surface area (Å²) >= 11 is 0. The summed E-state index contributed by atoms with van der Waals surface area (Å²) in [6.45, 7) is 0. The molecule has 4 fully saturated rings. The van der Waals surface area contributed by atoms with Gasteiger partial charge in [0.15, 0.2) is 5.58 Å². The molecule has 0 radical (unpaired) electrons. The number of nitrogens with zero attached hydrogens (tertiary/aromatic N) is 1. The third-order valence-electron chi connectivity index (χ3n) is 7.46. The normalized spacial score (nSPS) is 29.4. The molecule has 1 amide bonds. The van der Waals surface area contributed by atoms with E-state index >= 15 is 0 Å². The second kappa shape index (κ2) is 6.66. The van der Waals surface area contributed by atoms with E-state index in [1.54, 1.807) is 12.1 Å². The van der Waals surface area contributed by atoms with Crippen LogP contribution in [0.4, 0.5) is 10.1 Å². The number of rotatable bonds is 4. The van der Waals surface area contributed by atoms with Gasteiger partial charge in [-0.25, -0.2) is 9.37 Å². The van der Waals surface area contributed by atoms with E-state index in [0.717, 1.165) is 29.0 Å². The Kier molecular flexibility index (Phi) is 4.02. The minimum absolute atomic E-state index is 0.110. The summed E-state index contributed by atoms with van der Waals surface area (Å²) in [6, 6.07) is 11.6. The number of anilines is 1. The third kappa shape index (κ3) is 3.21. The zero-order chi connectivity index (χ0) is 20.3. The molecule has 0 spiro atoms. The van der Waals surface area contributed by atoms with Crippen molar-refractivity contribution in [2.75, 3.05) is 5.32 Å². The monoisotopic (exact) mass is 404 g/mol. The summed E-state index contributed by atoms with van der Waals surface area (Å²) in [5, 5.41) is 3.10. The fraction of sp³-hybridized carbons (Fsp3) is 0.440. The molecule has 1 heterocycles. The number of fused-ring (bicyclic) bond motifs is 1. The first kappa shape index (κ1) is 18.1. The second-order valence-corrected chi connectivity index (χ2v) is 9.85. The number of hydrogen-bond acceptors (Lipinski definition) is 3. The molecule has 3 aromatic rings. The van der Waals surface area contributed by atoms with Gasteiger partial charge in [0.05, 0.1) is 0 Å². The average molecular weight is 404 g/mol. The van der Waals surface area contributed by atoms with Crippen LogP contribution in [-0.4, -0.2) is 10.9 Å². The molecule has 1 aromatic heterocycles. The Bertz CT molecular complexity index is 1080. The zero-order valence-electron chi connectivity index (χ0n) is 16.9. The van der Waals surface area contributed by atoms with Crippen molar-refractivity contribution >= 4 is 22.7 Å². The molecule has 4 aliphatic rings. The second-order valence-electron chi connectivity index (χ2n) is 9.85. The molecule has 1 N–H and O–H groups in total. The first-order valence-electron chi connectivity index (χ1n) is 11.0. The van der Waals surface area contributed by atoms with Crippen molar-refractivity contribution in [3.05, 3.63) is 48.3 Å². The molecule has 2 aromatic carbocycles. The minimum Gasteiger partial charge on any atom is -0.436 e. The Morgan fingerprint density at radius 1 is 1.03 bits per heavy atom. The lowest BCUT2D eigenvalue weighted by molar-refractivity contribution is -0.124. The number of hydrogen-bond donors (Lipinski definition) is 1. The van der Waals surface area contributed by atoms with Crippen LogP contribution in [0.2, 0.25) is 0 Å². The summed E-state index contributed by atoms with van der Waals surface area (Å²) in [5.74, 6) is 2.81. The van der Waals surface area contributed by atoms with Crippen LogP contribution in [0.25, 0.3) is 22.6 Å². The van der Waals surface area contributed by atoms with Crippen LogP contribution >= 0.6 is 0 Å². The molecule has 7 rings (SSSR count). The van der Waals surface area contributed by atoms with Gasteiger partial charge >= 0.3 is 0 Å². The highest BCUT2D eigenvalue weighted by Gasteiger charge is 2.51. The van der Waals surface area contributed by atoms with Crippen LogP contribution in [0.5, 0.6) is 0 Å². The first-order chi connectivity index (χ1) is 14.5. The highest BCUT2D eigenvalue weighted by Crippen LogP contribution is 2.61. The Morgan fingerprint density at radius 3 is 2.37 bits per heavy atom. The molecule has 0 aliphatic heterocycles. The van der Waals surface area contributed by atoms with Crippen molar-refractivity contribution in [1.82, 2.24) is 4.98 Å². The van der Waals surface area contributed by atoms with Gasteiger partial charge in [0.2, 0.25) is 11.8 Å². The number of amides is 1. The standard InChI is InChI=1S/C25H25FN2O2/c26-19-3-1-18(2-4-19)24-28-21-10-20(5-6-22(21)30-24)27-23(29)14-25-11-15-7-16(12-25)9-17(8-15)13-25/h1-6,10,15-17H,7-9,11-14H2,(H,27,29). The largest absolute Gasteiger partial charge is 0.436 e. The molecular weight excluding hydrogens is 379 g/mol. The van der Waals surface area contributed by atoms with Gasteiger partial charge in [-0.05, 0) is 104 Å². The van der Waals surface area contributed by atoms with E-state index in [-0.39, 0.29) is 17.1 Å². The topological polar surface area (TPSA) is 55.1 Å². The van der Waals surface area contributed by atoms with Crippen molar-refractivity contribution in [3.8, 4) is 11.5 Å². The maximum atomic E-state index is 13.2. The summed E-state index contributed by atoms with van der Waals surface area (Å²) in [5.41, 5.74) is 3.03. The number of oxazole rings is 1. The molecular formula is C25H25FN2O2. The molecule has 4 aliphatic carbocycles. The van der Waals surface area contributed by atoms with Gasteiger partial charge in [0.1, 0.15) is 11.3 Å². The van der Waals surface area contributed by atoms with Crippen molar-refractivity contribution < 1.29 is 13.6 Å². The minimum atomic E-state index is -0.293. The van der Waals surface area contributed by atoms with Crippen LogP contribution in [-0.2, 0) is 4.79 Å². The van der Waals surface area contributed by atoms with Crippen molar-refractivity contribution in [2.45, 2.75) is 44.9 Å². The average Bonchev–Trinajstić information content (AvgIpc) is 3.10. The van der Waals surface area contributed by atoms with E-state index in [1.807, 2.05) is 18.2 Å². The van der Waals surface area contributed by atoms with Gasteiger partial charge in [0.25, 0.3) is 0 Å². The van der Waals surface area contributed by atoms with Crippen LogP contribution in [0, 0.1) is 29.0 Å². The van der Waals surface area contributed by atoms with Gasteiger partial charge < -0.3 is 9.73 Å². The Hall–Kier alpha value is -2.69. The lowest BCUT2D eigenvalue weighted by Crippen LogP contribution is -2.47. The van der Waals surface area contributed by atoms with Crippen LogP contribution in [0.3, 0.4) is 0 Å². The van der Waals surface area contributed by atoms with Crippen molar-refractivity contribution in [1.29, 1.82) is 0 Å². The summed E-state index contributed by atoms with van der Waals surface area (Å²) in [4.78, 5) is 17.4. The van der Waals surface area contributed by atoms with E-state index < -0.39 is 0 Å². The number of carbonyl (C=O) groups is 1. The zero-order valence-corrected chi connectivity index (χ0v) is 16.9. The van der Waals surface area contributed by atoms with E-state index in [9.17, 15) is 9.18 Å². The van der Waals surface area contributed by atoms with E-state index in [1.165, 1.54) is 50.7 Å². The van der Waals surface area contributed by atoms with Crippen molar-refractivity contribution in [3.63, 3.8) is 0 Å². The maximum Gasteiger partial charge on any atom is 0.227 e. The number of aromatic nitrogens is 1. The summed E-state index contributed by atoms with van der Waals surface area (Å²) in [6.07, 6.45) is 8.50. The number of nitrogens with one attached hydrogen (secondary N) is 1. The van der Waals surface area contributed by atoms with Crippen LogP contribution < -0.4 is 5.32 Å². The summed E-state index contributed by atoms with van der Waals surface area (Å²) in [7, 11) is 0. The highest BCUT2D eigenvalue weighted by atomic mass is 19.1. The van der Waals surface area contributed by atoms with Gasteiger partial charge in [-0.2, -0.15) is 0 Å². The molecule has 0 saturated heterocycles. The Labute approximate surface area is 174 Å². The summed E-state index contributed by atoms with van der Waals surface area (Å²) < 4.78 is 19.0.